The number of halogens is 1. The van der Waals surface area contributed by atoms with E-state index in [1.807, 2.05) is 12.4 Å². The number of fused-ring (bicyclic) bond motifs is 5. The van der Waals surface area contributed by atoms with Gasteiger partial charge in [0.15, 0.2) is 0 Å². The Balaban J connectivity index is 1.98. The van der Waals surface area contributed by atoms with Crippen molar-refractivity contribution in [2.75, 3.05) is 0 Å². The molecule has 0 fully saturated rings. The van der Waals surface area contributed by atoms with E-state index in [9.17, 15) is 0 Å². The number of hydrogen-bond acceptors (Lipinski definition) is 3. The van der Waals surface area contributed by atoms with Gasteiger partial charge in [0.25, 0.3) is 0 Å². The zero-order valence-corrected chi connectivity index (χ0v) is 14.9. The molecule has 1 aromatic carbocycles. The van der Waals surface area contributed by atoms with Crippen molar-refractivity contribution in [1.82, 2.24) is 25.4 Å². The fraction of sp³-hybridized carbons (Fsp3) is 0.278. The van der Waals surface area contributed by atoms with Crippen molar-refractivity contribution in [2.45, 2.75) is 32.6 Å². The van der Waals surface area contributed by atoms with Crippen LogP contribution in [-0.2, 0) is 12.8 Å². The molecule has 5 nitrogen and oxygen atoms in total. The second-order valence-corrected chi connectivity index (χ2v) is 7.30. The maximum absolute atomic E-state index is 5.07. The van der Waals surface area contributed by atoms with Crippen LogP contribution in [0.2, 0.25) is 0 Å². The third-order valence-corrected chi connectivity index (χ3v) is 5.64. The van der Waals surface area contributed by atoms with E-state index in [1.165, 1.54) is 29.4 Å². The molecule has 4 aromatic rings. The maximum atomic E-state index is 5.07. The van der Waals surface area contributed by atoms with Gasteiger partial charge in [0.05, 0.1) is 29.1 Å². The van der Waals surface area contributed by atoms with E-state index >= 15 is 0 Å². The summed E-state index contributed by atoms with van der Waals surface area (Å²) >= 11 is 3.71. The van der Waals surface area contributed by atoms with Gasteiger partial charge in [0, 0.05) is 26.5 Å². The van der Waals surface area contributed by atoms with Gasteiger partial charge in [0.1, 0.15) is 0 Å². The fourth-order valence-corrected chi connectivity index (χ4v) is 4.41. The van der Waals surface area contributed by atoms with Crippen LogP contribution in [0.4, 0.5) is 0 Å². The second kappa shape index (κ2) is 5.14. The Labute approximate surface area is 147 Å². The van der Waals surface area contributed by atoms with Crippen molar-refractivity contribution < 1.29 is 0 Å². The molecular weight excluding hydrogens is 366 g/mol. The van der Waals surface area contributed by atoms with Crippen LogP contribution in [0, 0.1) is 6.92 Å². The van der Waals surface area contributed by atoms with Gasteiger partial charge in [-0.1, -0.05) is 0 Å². The minimum Gasteiger partial charge on any atom is -0.282 e. The van der Waals surface area contributed by atoms with Gasteiger partial charge in [-0.25, -0.2) is 4.98 Å². The molecule has 0 bridgehead atoms. The largest absolute Gasteiger partial charge is 0.282 e. The lowest BCUT2D eigenvalue weighted by Crippen LogP contribution is -2.08. The summed E-state index contributed by atoms with van der Waals surface area (Å²) in [6, 6.07) is 2.07. The Hall–Kier alpha value is -2.21. The van der Waals surface area contributed by atoms with Gasteiger partial charge in [-0.2, -0.15) is 10.2 Å². The first-order valence-corrected chi connectivity index (χ1v) is 9.00. The van der Waals surface area contributed by atoms with E-state index in [2.05, 4.69) is 49.3 Å². The molecule has 0 amide bonds. The Bertz CT molecular complexity index is 1090. The molecule has 24 heavy (non-hydrogen) atoms. The average molecular weight is 382 g/mol. The van der Waals surface area contributed by atoms with Crippen LogP contribution in [0.1, 0.15) is 29.7 Å². The number of hydrogen-bond donors (Lipinski definition) is 2. The highest BCUT2D eigenvalue weighted by molar-refractivity contribution is 9.10. The Kier molecular flexibility index (Phi) is 3.03. The topological polar surface area (TPSA) is 70.2 Å². The molecular formula is C18H16BrN5. The monoisotopic (exact) mass is 381 g/mol. The van der Waals surface area contributed by atoms with Crippen molar-refractivity contribution in [1.29, 1.82) is 0 Å². The summed E-state index contributed by atoms with van der Waals surface area (Å²) in [5, 5.41) is 17.0. The summed E-state index contributed by atoms with van der Waals surface area (Å²) in [5.41, 5.74) is 8.11. The number of aryl methyl sites for hydroxylation is 2. The maximum Gasteiger partial charge on any atom is 0.0862 e. The lowest BCUT2D eigenvalue weighted by molar-refractivity contribution is 0.689. The van der Waals surface area contributed by atoms with Crippen LogP contribution in [0.3, 0.4) is 0 Å². The number of H-pyrrole nitrogens is 2. The number of aromatic nitrogens is 5. The third-order valence-electron chi connectivity index (χ3n) is 5.04. The summed E-state index contributed by atoms with van der Waals surface area (Å²) in [5.74, 6) is 0. The molecule has 0 atom stereocenters. The van der Waals surface area contributed by atoms with E-state index in [1.54, 1.807) is 0 Å². The molecule has 1 aliphatic carbocycles. The van der Waals surface area contributed by atoms with Gasteiger partial charge in [-0.05, 0) is 65.7 Å². The summed E-state index contributed by atoms with van der Waals surface area (Å²) in [4.78, 5) is 5.07. The lowest BCUT2D eigenvalue weighted by atomic mass is 9.85. The van der Waals surface area contributed by atoms with Crippen molar-refractivity contribution in [3.8, 4) is 11.3 Å². The molecule has 0 unspecified atom stereocenters. The standard InChI is InChI=1S/C18H16BrN5/c1-9-12(7-20-23-9)17-11-5-3-2-4-10(11)16-13-8-21-24-15(13)6-14(19)18(16)22-17/h6-8H,2-5H2,1H3,(H,20,23)(H,21,24). The van der Waals surface area contributed by atoms with Gasteiger partial charge in [-0.3, -0.25) is 10.2 Å². The zero-order chi connectivity index (χ0) is 16.3. The molecule has 0 saturated heterocycles. The van der Waals surface area contributed by atoms with Crippen LogP contribution >= 0.6 is 15.9 Å². The lowest BCUT2D eigenvalue weighted by Gasteiger charge is -2.22. The molecule has 0 saturated carbocycles. The van der Waals surface area contributed by atoms with Crippen LogP contribution in [0.5, 0.6) is 0 Å². The van der Waals surface area contributed by atoms with Gasteiger partial charge < -0.3 is 0 Å². The first-order chi connectivity index (χ1) is 11.7. The number of aromatic amines is 2. The molecule has 1 aliphatic rings. The van der Waals surface area contributed by atoms with E-state index in [0.717, 1.165) is 50.7 Å². The number of benzene rings is 1. The molecule has 5 rings (SSSR count). The van der Waals surface area contributed by atoms with E-state index in [-0.39, 0.29) is 0 Å². The number of nitrogens with zero attached hydrogens (tertiary/aromatic N) is 3. The van der Waals surface area contributed by atoms with Crippen molar-refractivity contribution in [3.05, 3.63) is 39.8 Å². The highest BCUT2D eigenvalue weighted by Gasteiger charge is 2.23. The minimum atomic E-state index is 1.00. The molecule has 2 N–H and O–H groups in total. The van der Waals surface area contributed by atoms with Crippen molar-refractivity contribution >= 4 is 37.7 Å². The SMILES string of the molecule is Cc1[nH]ncc1-c1nc2c(Br)cc3[nH]ncc3c2c2c1CCCC2. The summed E-state index contributed by atoms with van der Waals surface area (Å²) in [6.45, 7) is 2.05. The molecule has 0 aliphatic heterocycles. The zero-order valence-electron chi connectivity index (χ0n) is 13.3. The van der Waals surface area contributed by atoms with E-state index < -0.39 is 0 Å². The Morgan fingerprint density at radius 2 is 1.83 bits per heavy atom. The molecule has 0 spiro atoms. The van der Waals surface area contributed by atoms with Crippen molar-refractivity contribution in [2.24, 2.45) is 0 Å². The number of nitrogens with one attached hydrogen (secondary N) is 2. The van der Waals surface area contributed by atoms with Crippen LogP contribution in [0.15, 0.2) is 22.9 Å². The highest BCUT2D eigenvalue weighted by Crippen LogP contribution is 2.40. The minimum absolute atomic E-state index is 1.00. The van der Waals surface area contributed by atoms with Gasteiger partial charge in [-0.15, -0.1) is 0 Å². The predicted molar refractivity (Wildman–Crippen MR) is 98.1 cm³/mol. The van der Waals surface area contributed by atoms with Crippen LogP contribution < -0.4 is 0 Å². The van der Waals surface area contributed by atoms with E-state index in [0.29, 0.717) is 0 Å². The van der Waals surface area contributed by atoms with E-state index in [4.69, 9.17) is 4.98 Å². The second-order valence-electron chi connectivity index (χ2n) is 6.45. The smallest absolute Gasteiger partial charge is 0.0862 e. The predicted octanol–water partition coefficient (Wildman–Crippen LogP) is 4.45. The first-order valence-electron chi connectivity index (χ1n) is 8.21. The third kappa shape index (κ3) is 1.89. The van der Waals surface area contributed by atoms with Gasteiger partial charge in [0.2, 0.25) is 0 Å². The quantitative estimate of drug-likeness (QED) is 0.511. The molecule has 0 radical (unpaired) electrons. The Morgan fingerprint density at radius 3 is 2.62 bits per heavy atom. The number of rotatable bonds is 1. The van der Waals surface area contributed by atoms with Gasteiger partial charge >= 0.3 is 0 Å². The van der Waals surface area contributed by atoms with Crippen molar-refractivity contribution in [3.63, 3.8) is 0 Å². The number of pyridine rings is 1. The molecule has 3 heterocycles. The average Bonchev–Trinajstić information content (AvgIpc) is 3.22. The molecule has 6 heteroatoms. The fourth-order valence-electron chi connectivity index (χ4n) is 3.90. The van der Waals surface area contributed by atoms with Crippen LogP contribution in [0.25, 0.3) is 33.1 Å². The highest BCUT2D eigenvalue weighted by atomic mass is 79.9. The first kappa shape index (κ1) is 14.2. The summed E-state index contributed by atoms with van der Waals surface area (Å²) in [7, 11) is 0. The summed E-state index contributed by atoms with van der Waals surface area (Å²) in [6.07, 6.45) is 8.42. The normalized spacial score (nSPS) is 14.4. The molecule has 120 valence electrons. The summed E-state index contributed by atoms with van der Waals surface area (Å²) < 4.78 is 1.00. The Morgan fingerprint density at radius 1 is 1.04 bits per heavy atom. The van der Waals surface area contributed by atoms with Crippen LogP contribution in [-0.4, -0.2) is 25.4 Å². The molecule has 3 aromatic heterocycles.